The molecule has 0 spiro atoms. The average molecular weight is 349 g/mol. The van der Waals surface area contributed by atoms with Crippen molar-refractivity contribution >= 4 is 8.32 Å². The molecule has 4 heteroatoms. The van der Waals surface area contributed by atoms with Gasteiger partial charge in [-0.3, -0.25) is 0 Å². The van der Waals surface area contributed by atoms with Crippen LogP contribution in [-0.2, 0) is 20.5 Å². The monoisotopic (exact) mass is 348 g/mol. The zero-order chi connectivity index (χ0) is 17.6. The minimum absolute atomic E-state index is 0.0951. The van der Waals surface area contributed by atoms with E-state index in [0.717, 1.165) is 12.8 Å². The van der Waals surface area contributed by atoms with Crippen LogP contribution in [0.5, 0.6) is 0 Å². The van der Waals surface area contributed by atoms with Gasteiger partial charge in [-0.1, -0.05) is 51.1 Å². The van der Waals surface area contributed by atoms with Crippen molar-refractivity contribution < 1.29 is 13.9 Å². The van der Waals surface area contributed by atoms with Crippen molar-refractivity contribution in [2.45, 2.75) is 89.2 Å². The Morgan fingerprint density at radius 3 is 2.46 bits per heavy atom. The number of fused-ring (bicyclic) bond motifs is 1. The van der Waals surface area contributed by atoms with E-state index in [4.69, 9.17) is 13.9 Å². The highest BCUT2D eigenvalue weighted by Crippen LogP contribution is 2.51. The molecule has 3 rings (SSSR count). The van der Waals surface area contributed by atoms with E-state index in [2.05, 4.69) is 65.1 Å². The Morgan fingerprint density at radius 1 is 1.17 bits per heavy atom. The molecule has 0 amide bonds. The van der Waals surface area contributed by atoms with Gasteiger partial charge >= 0.3 is 0 Å². The Hall–Kier alpha value is -0.683. The van der Waals surface area contributed by atoms with Gasteiger partial charge in [0.15, 0.2) is 8.32 Å². The van der Waals surface area contributed by atoms with Crippen LogP contribution < -0.4 is 0 Å². The number of hydrogen-bond acceptors (Lipinski definition) is 3. The molecule has 0 radical (unpaired) electrons. The summed E-state index contributed by atoms with van der Waals surface area (Å²) in [6, 6.07) is 10.4. The first-order chi connectivity index (χ1) is 11.1. The molecule has 2 fully saturated rings. The highest BCUT2D eigenvalue weighted by molar-refractivity contribution is 6.74. The molecule has 1 saturated carbocycles. The van der Waals surface area contributed by atoms with Crippen molar-refractivity contribution in [3.8, 4) is 0 Å². The van der Waals surface area contributed by atoms with Crippen LogP contribution in [0.2, 0.25) is 18.1 Å². The van der Waals surface area contributed by atoms with Crippen molar-refractivity contribution in [2.75, 3.05) is 0 Å². The highest BCUT2D eigenvalue weighted by Gasteiger charge is 2.63. The Balaban J connectivity index is 1.62. The lowest BCUT2D eigenvalue weighted by Crippen LogP contribution is -2.51. The molecule has 134 valence electrons. The van der Waals surface area contributed by atoms with Gasteiger partial charge in [-0.15, -0.1) is 0 Å². The lowest BCUT2D eigenvalue weighted by atomic mass is 9.86. The Labute approximate surface area is 147 Å². The fourth-order valence-electron chi connectivity index (χ4n) is 3.27. The second kappa shape index (κ2) is 6.24. The molecule has 2 aliphatic rings. The quantitative estimate of drug-likeness (QED) is 0.559. The fourth-order valence-corrected chi connectivity index (χ4v) is 4.66. The van der Waals surface area contributed by atoms with E-state index >= 15 is 0 Å². The van der Waals surface area contributed by atoms with Crippen LogP contribution >= 0.6 is 0 Å². The van der Waals surface area contributed by atoms with E-state index in [1.54, 1.807) is 0 Å². The predicted molar refractivity (Wildman–Crippen MR) is 99.6 cm³/mol. The number of benzene rings is 1. The predicted octanol–water partition coefficient (Wildman–Crippen LogP) is 4.91. The maximum absolute atomic E-state index is 6.72. The Kier molecular flexibility index (Phi) is 4.71. The minimum Gasteiger partial charge on any atom is -0.411 e. The van der Waals surface area contributed by atoms with Crippen LogP contribution in [-0.4, -0.2) is 32.2 Å². The Bertz CT molecular complexity index is 566. The van der Waals surface area contributed by atoms with E-state index in [1.165, 1.54) is 5.56 Å². The number of hydrogen-bond donors (Lipinski definition) is 0. The third kappa shape index (κ3) is 3.62. The van der Waals surface area contributed by atoms with Crippen molar-refractivity contribution in [1.29, 1.82) is 0 Å². The second-order valence-electron chi connectivity index (χ2n) is 9.05. The summed E-state index contributed by atoms with van der Waals surface area (Å²) in [5, 5.41) is 0.214. The van der Waals surface area contributed by atoms with Crippen LogP contribution in [0, 0.1) is 0 Å². The zero-order valence-electron chi connectivity index (χ0n) is 16.0. The summed E-state index contributed by atoms with van der Waals surface area (Å²) in [6.07, 6.45) is 2.59. The first kappa shape index (κ1) is 18.1. The summed E-state index contributed by atoms with van der Waals surface area (Å²) in [5.41, 5.74) is 1.13. The molecule has 0 unspecified atom stereocenters. The van der Waals surface area contributed by atoms with Gasteiger partial charge < -0.3 is 13.9 Å². The number of epoxide rings is 1. The molecule has 1 aromatic rings. The van der Waals surface area contributed by atoms with Crippen LogP contribution in [0.1, 0.15) is 46.1 Å². The molecule has 4 atom stereocenters. The van der Waals surface area contributed by atoms with Crippen molar-refractivity contribution in [2.24, 2.45) is 0 Å². The fraction of sp³-hybridized carbons (Fsp3) is 0.700. The normalized spacial score (nSPS) is 33.2. The van der Waals surface area contributed by atoms with Crippen LogP contribution in [0.3, 0.4) is 0 Å². The molecule has 24 heavy (non-hydrogen) atoms. The summed E-state index contributed by atoms with van der Waals surface area (Å²) < 4.78 is 18.9. The number of rotatable bonds is 5. The van der Waals surface area contributed by atoms with Gasteiger partial charge in [0.25, 0.3) is 0 Å². The molecule has 0 bridgehead atoms. The van der Waals surface area contributed by atoms with Crippen LogP contribution in [0.15, 0.2) is 30.3 Å². The highest BCUT2D eigenvalue weighted by atomic mass is 28.4. The van der Waals surface area contributed by atoms with E-state index < -0.39 is 8.32 Å². The van der Waals surface area contributed by atoms with Gasteiger partial charge in [0.2, 0.25) is 0 Å². The van der Waals surface area contributed by atoms with E-state index in [-0.39, 0.29) is 22.8 Å². The molecule has 1 saturated heterocycles. The van der Waals surface area contributed by atoms with Gasteiger partial charge in [-0.05, 0) is 30.6 Å². The third-order valence-electron chi connectivity index (χ3n) is 6.14. The largest absolute Gasteiger partial charge is 0.411 e. The molecule has 1 aliphatic carbocycles. The maximum Gasteiger partial charge on any atom is 0.192 e. The van der Waals surface area contributed by atoms with E-state index in [9.17, 15) is 0 Å². The summed E-state index contributed by atoms with van der Waals surface area (Å²) in [6.45, 7) is 14.4. The van der Waals surface area contributed by atoms with E-state index in [0.29, 0.717) is 12.7 Å². The lowest BCUT2D eigenvalue weighted by Gasteiger charge is -2.42. The van der Waals surface area contributed by atoms with Crippen LogP contribution in [0.4, 0.5) is 0 Å². The molecule has 3 nitrogen and oxygen atoms in total. The third-order valence-corrected chi connectivity index (χ3v) is 10.6. The second-order valence-corrected chi connectivity index (χ2v) is 13.8. The van der Waals surface area contributed by atoms with Gasteiger partial charge in [0, 0.05) is 12.8 Å². The smallest absolute Gasteiger partial charge is 0.192 e. The molecular weight excluding hydrogens is 316 g/mol. The SMILES string of the molecule is CC(C)(C)[Si](C)(C)O[C@H]1C[C@H](OCc2ccccc2)C[C@H]2O[C@@]12C. The van der Waals surface area contributed by atoms with Crippen molar-refractivity contribution in [3.63, 3.8) is 0 Å². The van der Waals surface area contributed by atoms with Crippen LogP contribution in [0.25, 0.3) is 0 Å². The summed E-state index contributed by atoms with van der Waals surface area (Å²) in [4.78, 5) is 0. The summed E-state index contributed by atoms with van der Waals surface area (Å²) in [7, 11) is -1.81. The molecule has 1 heterocycles. The molecule has 1 aromatic carbocycles. The molecule has 0 N–H and O–H groups in total. The lowest BCUT2D eigenvalue weighted by molar-refractivity contribution is -0.0225. The molecule has 0 aromatic heterocycles. The average Bonchev–Trinajstić information content (AvgIpc) is 3.17. The first-order valence-corrected chi connectivity index (χ1v) is 12.0. The van der Waals surface area contributed by atoms with Crippen molar-refractivity contribution in [1.82, 2.24) is 0 Å². The van der Waals surface area contributed by atoms with Gasteiger partial charge in [0.05, 0.1) is 24.9 Å². The Morgan fingerprint density at radius 2 is 1.83 bits per heavy atom. The van der Waals surface area contributed by atoms with Gasteiger partial charge in [-0.2, -0.15) is 0 Å². The minimum atomic E-state index is -1.81. The summed E-state index contributed by atoms with van der Waals surface area (Å²) >= 11 is 0. The topological polar surface area (TPSA) is 31.0 Å². The van der Waals surface area contributed by atoms with Gasteiger partial charge in [0.1, 0.15) is 5.60 Å². The summed E-state index contributed by atoms with van der Waals surface area (Å²) in [5.74, 6) is 0. The van der Waals surface area contributed by atoms with Crippen molar-refractivity contribution in [3.05, 3.63) is 35.9 Å². The standard InChI is InChI=1S/C20H32O3Si/c1-19(2,3)24(5,6)23-18-13-16(12-17-20(18,4)22-17)21-14-15-10-8-7-9-11-15/h7-11,16-18H,12-14H2,1-6H3/t16-,17-,18+,20-/m1/s1. The molecule has 1 aliphatic heterocycles. The zero-order valence-corrected chi connectivity index (χ0v) is 17.0. The van der Waals surface area contributed by atoms with Gasteiger partial charge in [-0.25, -0.2) is 0 Å². The molecular formula is C20H32O3Si. The maximum atomic E-state index is 6.72. The first-order valence-electron chi connectivity index (χ1n) is 9.13. The number of ether oxygens (including phenoxy) is 2. The van der Waals surface area contributed by atoms with E-state index in [1.807, 2.05) is 6.07 Å².